The molecule has 0 amide bonds. The number of thiophene rings is 1. The van der Waals surface area contributed by atoms with Crippen LogP contribution in [0.25, 0.3) is 0 Å². The molecule has 0 aliphatic heterocycles. The van der Waals surface area contributed by atoms with Gasteiger partial charge in [-0.3, -0.25) is 0 Å². The Balaban J connectivity index is 1.83. The van der Waals surface area contributed by atoms with E-state index in [1.54, 1.807) is 23.5 Å². The first-order valence-electron chi connectivity index (χ1n) is 6.91. The number of halogens is 2. The predicted molar refractivity (Wildman–Crippen MR) is 83.1 cm³/mol. The SMILES string of the molecule is NC(Cc1c(F)cccc1Cl)C1CCCc2sccc21. The summed E-state index contributed by atoms with van der Waals surface area (Å²) >= 11 is 7.90. The van der Waals surface area contributed by atoms with E-state index < -0.39 is 0 Å². The van der Waals surface area contributed by atoms with E-state index in [0.717, 1.165) is 19.3 Å². The van der Waals surface area contributed by atoms with Crippen LogP contribution in [0.3, 0.4) is 0 Å². The van der Waals surface area contributed by atoms with Gasteiger partial charge in [-0.05, 0) is 54.8 Å². The quantitative estimate of drug-likeness (QED) is 0.885. The molecule has 0 bridgehead atoms. The first-order chi connectivity index (χ1) is 9.66. The Morgan fingerprint density at radius 3 is 3.05 bits per heavy atom. The number of nitrogens with two attached hydrogens (primary N) is 1. The van der Waals surface area contributed by atoms with Crippen molar-refractivity contribution < 1.29 is 4.39 Å². The van der Waals surface area contributed by atoms with E-state index in [-0.39, 0.29) is 11.9 Å². The summed E-state index contributed by atoms with van der Waals surface area (Å²) in [5.41, 5.74) is 8.28. The lowest BCUT2D eigenvalue weighted by molar-refractivity contribution is 0.457. The smallest absolute Gasteiger partial charge is 0.127 e. The lowest BCUT2D eigenvalue weighted by Gasteiger charge is -2.28. The molecular weight excluding hydrogens is 293 g/mol. The molecule has 2 unspecified atom stereocenters. The van der Waals surface area contributed by atoms with Gasteiger partial charge in [0.25, 0.3) is 0 Å². The van der Waals surface area contributed by atoms with E-state index in [9.17, 15) is 4.39 Å². The van der Waals surface area contributed by atoms with Gasteiger partial charge in [0.2, 0.25) is 0 Å². The molecule has 2 N–H and O–H groups in total. The van der Waals surface area contributed by atoms with Crippen LogP contribution >= 0.6 is 22.9 Å². The maximum atomic E-state index is 13.9. The van der Waals surface area contributed by atoms with Crippen molar-refractivity contribution in [1.29, 1.82) is 0 Å². The van der Waals surface area contributed by atoms with Crippen molar-refractivity contribution in [2.75, 3.05) is 0 Å². The zero-order valence-electron chi connectivity index (χ0n) is 11.1. The number of hydrogen-bond donors (Lipinski definition) is 1. The van der Waals surface area contributed by atoms with Crippen molar-refractivity contribution in [1.82, 2.24) is 0 Å². The fourth-order valence-electron chi connectivity index (χ4n) is 3.07. The molecule has 106 valence electrons. The normalized spacial score (nSPS) is 19.6. The minimum atomic E-state index is -0.255. The molecule has 0 saturated heterocycles. The molecule has 1 nitrogen and oxygen atoms in total. The van der Waals surface area contributed by atoms with Gasteiger partial charge >= 0.3 is 0 Å². The highest BCUT2D eigenvalue weighted by Crippen LogP contribution is 2.37. The van der Waals surface area contributed by atoms with E-state index >= 15 is 0 Å². The average Bonchev–Trinajstić information content (AvgIpc) is 2.91. The first-order valence-corrected chi connectivity index (χ1v) is 8.17. The van der Waals surface area contributed by atoms with Crippen molar-refractivity contribution in [3.63, 3.8) is 0 Å². The number of benzene rings is 1. The Morgan fingerprint density at radius 2 is 2.25 bits per heavy atom. The van der Waals surface area contributed by atoms with Crippen LogP contribution < -0.4 is 5.73 Å². The second-order valence-electron chi connectivity index (χ2n) is 5.37. The Kier molecular flexibility index (Phi) is 4.11. The van der Waals surface area contributed by atoms with Crippen LogP contribution in [0, 0.1) is 5.82 Å². The van der Waals surface area contributed by atoms with E-state index in [1.807, 2.05) is 0 Å². The maximum absolute atomic E-state index is 13.9. The second-order valence-corrected chi connectivity index (χ2v) is 6.77. The van der Waals surface area contributed by atoms with Crippen molar-refractivity contribution in [3.05, 3.63) is 56.5 Å². The fourth-order valence-corrected chi connectivity index (χ4v) is 4.31. The molecule has 0 spiro atoms. The van der Waals surface area contributed by atoms with Gasteiger partial charge in [0.15, 0.2) is 0 Å². The van der Waals surface area contributed by atoms with Crippen LogP contribution in [-0.4, -0.2) is 6.04 Å². The highest BCUT2D eigenvalue weighted by molar-refractivity contribution is 7.10. The lowest BCUT2D eigenvalue weighted by atomic mass is 9.81. The minimum Gasteiger partial charge on any atom is -0.327 e. The monoisotopic (exact) mass is 309 g/mol. The van der Waals surface area contributed by atoms with Gasteiger partial charge in [0, 0.05) is 27.4 Å². The van der Waals surface area contributed by atoms with Crippen LogP contribution in [0.1, 0.15) is 34.8 Å². The van der Waals surface area contributed by atoms with Crippen molar-refractivity contribution in [2.45, 2.75) is 37.6 Å². The maximum Gasteiger partial charge on any atom is 0.127 e. The lowest BCUT2D eigenvalue weighted by Crippen LogP contribution is -2.32. The molecule has 1 aromatic carbocycles. The van der Waals surface area contributed by atoms with Crippen molar-refractivity contribution >= 4 is 22.9 Å². The molecule has 1 heterocycles. The zero-order valence-corrected chi connectivity index (χ0v) is 12.7. The highest BCUT2D eigenvalue weighted by atomic mass is 35.5. The summed E-state index contributed by atoms with van der Waals surface area (Å²) in [5.74, 6) is 0.0648. The molecule has 1 aliphatic carbocycles. The number of aryl methyl sites for hydroxylation is 1. The molecule has 20 heavy (non-hydrogen) atoms. The Hall–Kier alpha value is -0.900. The van der Waals surface area contributed by atoms with Crippen LogP contribution in [0.5, 0.6) is 0 Å². The molecule has 0 saturated carbocycles. The van der Waals surface area contributed by atoms with Crippen molar-refractivity contribution in [2.24, 2.45) is 5.73 Å². The molecule has 1 aromatic heterocycles. The summed E-state index contributed by atoms with van der Waals surface area (Å²) in [5, 5.41) is 2.60. The number of hydrogen-bond acceptors (Lipinski definition) is 2. The topological polar surface area (TPSA) is 26.0 Å². The third-order valence-corrected chi connectivity index (χ3v) is 5.47. The molecule has 0 radical (unpaired) electrons. The van der Waals surface area contributed by atoms with E-state index in [1.165, 1.54) is 16.5 Å². The summed E-state index contributed by atoms with van der Waals surface area (Å²) in [4.78, 5) is 1.44. The average molecular weight is 310 g/mol. The van der Waals surface area contributed by atoms with Crippen LogP contribution in [0.15, 0.2) is 29.6 Å². The number of fused-ring (bicyclic) bond motifs is 1. The highest BCUT2D eigenvalue weighted by Gasteiger charge is 2.27. The van der Waals surface area contributed by atoms with Gasteiger partial charge in [-0.1, -0.05) is 17.7 Å². The Bertz CT molecular complexity index is 590. The van der Waals surface area contributed by atoms with Crippen LogP contribution in [0.4, 0.5) is 4.39 Å². The van der Waals surface area contributed by atoms with Crippen LogP contribution in [0.2, 0.25) is 5.02 Å². The fraction of sp³-hybridized carbons (Fsp3) is 0.375. The second kappa shape index (κ2) is 5.84. The molecule has 2 aromatic rings. The Labute approximate surface area is 127 Å². The van der Waals surface area contributed by atoms with Gasteiger partial charge in [0.05, 0.1) is 0 Å². The third-order valence-electron chi connectivity index (χ3n) is 4.12. The standard InChI is InChI=1S/C16H17ClFNS/c17-13-4-2-5-14(18)12(13)9-15(19)10-3-1-6-16-11(10)7-8-20-16/h2,4-5,7-8,10,15H,1,3,6,9,19H2. The largest absolute Gasteiger partial charge is 0.327 e. The predicted octanol–water partition coefficient (Wildman–Crippen LogP) is 4.53. The Morgan fingerprint density at radius 1 is 1.40 bits per heavy atom. The minimum absolute atomic E-state index is 0.0851. The third kappa shape index (κ3) is 2.62. The van der Waals surface area contributed by atoms with Gasteiger partial charge in [-0.2, -0.15) is 0 Å². The summed E-state index contributed by atoms with van der Waals surface area (Å²) in [6.45, 7) is 0. The molecule has 4 heteroatoms. The van der Waals surface area contributed by atoms with Crippen LogP contribution in [-0.2, 0) is 12.8 Å². The zero-order chi connectivity index (χ0) is 14.1. The van der Waals surface area contributed by atoms with Gasteiger partial charge in [0.1, 0.15) is 5.82 Å². The van der Waals surface area contributed by atoms with E-state index in [2.05, 4.69) is 11.4 Å². The first kappa shape index (κ1) is 14.1. The molecular formula is C16H17ClFNS. The van der Waals surface area contributed by atoms with Gasteiger partial charge in [-0.25, -0.2) is 4.39 Å². The summed E-state index contributed by atoms with van der Waals surface area (Å²) < 4.78 is 13.9. The van der Waals surface area contributed by atoms with Crippen molar-refractivity contribution in [3.8, 4) is 0 Å². The summed E-state index contributed by atoms with van der Waals surface area (Å²) in [6.07, 6.45) is 3.88. The van der Waals surface area contributed by atoms with Gasteiger partial charge in [-0.15, -0.1) is 11.3 Å². The summed E-state index contributed by atoms with van der Waals surface area (Å²) in [7, 11) is 0. The number of rotatable bonds is 3. The van der Waals surface area contributed by atoms with Gasteiger partial charge < -0.3 is 5.73 Å². The molecule has 2 atom stereocenters. The molecule has 1 aliphatic rings. The van der Waals surface area contributed by atoms with E-state index in [4.69, 9.17) is 17.3 Å². The molecule has 3 rings (SSSR count). The summed E-state index contributed by atoms with van der Waals surface area (Å²) in [6, 6.07) is 6.89. The molecule has 0 fully saturated rings. The van der Waals surface area contributed by atoms with E-state index in [0.29, 0.717) is 22.9 Å².